The Balaban J connectivity index is 0.00000364. The summed E-state index contributed by atoms with van der Waals surface area (Å²) in [5, 5.41) is 7.43. The van der Waals surface area contributed by atoms with Crippen LogP contribution in [0, 0.1) is 5.92 Å². The minimum absolute atomic E-state index is 0. The van der Waals surface area contributed by atoms with Gasteiger partial charge in [0.25, 0.3) is 0 Å². The predicted molar refractivity (Wildman–Crippen MR) is 116 cm³/mol. The van der Waals surface area contributed by atoms with E-state index in [0.29, 0.717) is 30.9 Å². The predicted octanol–water partition coefficient (Wildman–Crippen LogP) is 2.30. The molecule has 1 N–H and O–H groups in total. The number of aryl methyl sites for hydroxylation is 1. The first-order valence-corrected chi connectivity index (χ1v) is 9.48. The van der Waals surface area contributed by atoms with Crippen LogP contribution in [-0.4, -0.2) is 74.6 Å². The molecular weight excluding hydrogens is 461 g/mol. The summed E-state index contributed by atoms with van der Waals surface area (Å²) < 4.78 is 15.9. The maximum absolute atomic E-state index is 5.65. The fourth-order valence-electron chi connectivity index (χ4n) is 2.93. The molecule has 1 unspecified atom stereocenters. The van der Waals surface area contributed by atoms with E-state index >= 15 is 0 Å². The first-order chi connectivity index (χ1) is 12.6. The third-order valence-corrected chi connectivity index (χ3v) is 4.43. The van der Waals surface area contributed by atoms with Crippen molar-refractivity contribution in [3.8, 4) is 0 Å². The molecule has 1 aliphatic heterocycles. The van der Waals surface area contributed by atoms with Crippen LogP contribution in [0.1, 0.15) is 44.3 Å². The Morgan fingerprint density at radius 3 is 2.89 bits per heavy atom. The van der Waals surface area contributed by atoms with Crippen LogP contribution in [0.25, 0.3) is 0 Å². The standard InChI is InChI=1S/C18H33N5O3.HI/c1-14(2)17-21-16(26-22-17)6-5-8-20-18(19-3)23-9-7-15(12-23)13-25-11-10-24-4;/h14-15H,5-13H2,1-4H3,(H,19,20);1H. The highest BCUT2D eigenvalue weighted by Crippen LogP contribution is 2.16. The molecule has 2 heterocycles. The average Bonchev–Trinajstić information content (AvgIpc) is 3.28. The lowest BCUT2D eigenvalue weighted by molar-refractivity contribution is 0.0536. The molecule has 0 bridgehead atoms. The van der Waals surface area contributed by atoms with Gasteiger partial charge < -0.3 is 24.2 Å². The van der Waals surface area contributed by atoms with Gasteiger partial charge in [0.05, 0.1) is 19.8 Å². The number of hydrogen-bond donors (Lipinski definition) is 1. The molecule has 0 aromatic carbocycles. The van der Waals surface area contributed by atoms with Crippen molar-refractivity contribution in [1.29, 1.82) is 0 Å². The van der Waals surface area contributed by atoms with Gasteiger partial charge in [-0.3, -0.25) is 4.99 Å². The summed E-state index contributed by atoms with van der Waals surface area (Å²) >= 11 is 0. The molecule has 1 aliphatic rings. The number of guanidine groups is 1. The first kappa shape index (κ1) is 24.1. The van der Waals surface area contributed by atoms with Crippen molar-refractivity contribution in [2.45, 2.75) is 39.0 Å². The van der Waals surface area contributed by atoms with Crippen molar-refractivity contribution in [1.82, 2.24) is 20.4 Å². The lowest BCUT2D eigenvalue weighted by atomic mass is 10.1. The second kappa shape index (κ2) is 13.3. The SMILES string of the molecule is CN=C(NCCCc1nc(C(C)C)no1)N1CCC(COCCOC)C1.I. The average molecular weight is 495 g/mol. The van der Waals surface area contributed by atoms with Crippen molar-refractivity contribution in [2.24, 2.45) is 10.9 Å². The number of aromatic nitrogens is 2. The number of methoxy groups -OCH3 is 1. The van der Waals surface area contributed by atoms with E-state index in [-0.39, 0.29) is 24.0 Å². The molecule has 1 atom stereocenters. The molecule has 1 saturated heterocycles. The molecule has 1 aromatic rings. The van der Waals surface area contributed by atoms with E-state index in [1.165, 1.54) is 0 Å². The fraction of sp³-hybridized carbons (Fsp3) is 0.833. The largest absolute Gasteiger partial charge is 0.382 e. The number of ether oxygens (including phenoxy) is 2. The van der Waals surface area contributed by atoms with Gasteiger partial charge in [0, 0.05) is 52.0 Å². The van der Waals surface area contributed by atoms with Gasteiger partial charge in [0.2, 0.25) is 5.89 Å². The van der Waals surface area contributed by atoms with Crippen LogP contribution < -0.4 is 5.32 Å². The van der Waals surface area contributed by atoms with E-state index in [0.717, 1.165) is 57.3 Å². The van der Waals surface area contributed by atoms with E-state index in [1.807, 2.05) is 7.05 Å². The van der Waals surface area contributed by atoms with Crippen LogP contribution in [0.2, 0.25) is 0 Å². The Morgan fingerprint density at radius 2 is 2.22 bits per heavy atom. The highest BCUT2D eigenvalue weighted by Gasteiger charge is 2.24. The number of aliphatic imine (C=N–C) groups is 1. The normalized spacial score (nSPS) is 17.4. The number of likely N-dealkylation sites (tertiary alicyclic amines) is 1. The molecule has 8 nitrogen and oxygen atoms in total. The van der Waals surface area contributed by atoms with Gasteiger partial charge in [-0.15, -0.1) is 24.0 Å². The van der Waals surface area contributed by atoms with Gasteiger partial charge >= 0.3 is 0 Å². The van der Waals surface area contributed by atoms with E-state index in [4.69, 9.17) is 14.0 Å². The van der Waals surface area contributed by atoms with Gasteiger partial charge in [-0.25, -0.2) is 0 Å². The molecule has 0 radical (unpaired) electrons. The maximum Gasteiger partial charge on any atom is 0.226 e. The number of hydrogen-bond acceptors (Lipinski definition) is 6. The zero-order valence-corrected chi connectivity index (χ0v) is 19.3. The van der Waals surface area contributed by atoms with E-state index < -0.39 is 0 Å². The third kappa shape index (κ3) is 8.30. The van der Waals surface area contributed by atoms with E-state index in [1.54, 1.807) is 7.11 Å². The Kier molecular flexibility index (Phi) is 11.8. The van der Waals surface area contributed by atoms with Crippen molar-refractivity contribution in [3.05, 3.63) is 11.7 Å². The Bertz CT molecular complexity index is 553. The quantitative estimate of drug-likeness (QED) is 0.231. The van der Waals surface area contributed by atoms with Crippen molar-refractivity contribution in [2.75, 3.05) is 53.6 Å². The molecule has 9 heteroatoms. The summed E-state index contributed by atoms with van der Waals surface area (Å²) in [6.45, 7) is 9.04. The number of rotatable bonds is 10. The van der Waals surface area contributed by atoms with Gasteiger partial charge in [0.15, 0.2) is 11.8 Å². The second-order valence-electron chi connectivity index (χ2n) is 6.95. The molecule has 0 amide bonds. The van der Waals surface area contributed by atoms with Crippen molar-refractivity contribution >= 4 is 29.9 Å². The van der Waals surface area contributed by atoms with Gasteiger partial charge in [-0.1, -0.05) is 19.0 Å². The second-order valence-corrected chi connectivity index (χ2v) is 6.95. The first-order valence-electron chi connectivity index (χ1n) is 9.48. The number of halogens is 1. The minimum atomic E-state index is 0. The Hall–Kier alpha value is -0.940. The maximum atomic E-state index is 5.65. The van der Waals surface area contributed by atoms with Crippen molar-refractivity contribution in [3.63, 3.8) is 0 Å². The van der Waals surface area contributed by atoms with Crippen LogP contribution in [-0.2, 0) is 15.9 Å². The molecule has 0 aliphatic carbocycles. The van der Waals surface area contributed by atoms with Gasteiger partial charge in [-0.2, -0.15) is 4.98 Å². The Labute approximate surface area is 179 Å². The molecule has 1 aromatic heterocycles. The summed E-state index contributed by atoms with van der Waals surface area (Å²) in [6, 6.07) is 0. The lowest BCUT2D eigenvalue weighted by Crippen LogP contribution is -2.40. The fourth-order valence-corrected chi connectivity index (χ4v) is 2.93. The van der Waals surface area contributed by atoms with Gasteiger partial charge in [0.1, 0.15) is 0 Å². The number of nitrogens with zero attached hydrogens (tertiary/aromatic N) is 4. The molecular formula is C18H34IN5O3. The lowest BCUT2D eigenvalue weighted by Gasteiger charge is -2.21. The summed E-state index contributed by atoms with van der Waals surface area (Å²) in [5.74, 6) is 3.29. The molecule has 0 saturated carbocycles. The van der Waals surface area contributed by atoms with E-state index in [9.17, 15) is 0 Å². The monoisotopic (exact) mass is 495 g/mol. The highest BCUT2D eigenvalue weighted by molar-refractivity contribution is 14.0. The zero-order chi connectivity index (χ0) is 18.8. The van der Waals surface area contributed by atoms with Crippen molar-refractivity contribution < 1.29 is 14.0 Å². The topological polar surface area (TPSA) is 85.0 Å². The van der Waals surface area contributed by atoms with Crippen LogP contribution in [0.5, 0.6) is 0 Å². The molecule has 156 valence electrons. The summed E-state index contributed by atoms with van der Waals surface area (Å²) in [7, 11) is 3.52. The van der Waals surface area contributed by atoms with Gasteiger partial charge in [-0.05, 0) is 12.8 Å². The third-order valence-electron chi connectivity index (χ3n) is 4.43. The van der Waals surface area contributed by atoms with Crippen LogP contribution >= 0.6 is 24.0 Å². The summed E-state index contributed by atoms with van der Waals surface area (Å²) in [5.41, 5.74) is 0. The summed E-state index contributed by atoms with van der Waals surface area (Å²) in [4.78, 5) is 11.1. The summed E-state index contributed by atoms with van der Waals surface area (Å²) in [6.07, 6.45) is 2.84. The minimum Gasteiger partial charge on any atom is -0.382 e. The molecule has 0 spiro atoms. The zero-order valence-electron chi connectivity index (χ0n) is 16.9. The molecule has 27 heavy (non-hydrogen) atoms. The molecule has 1 fully saturated rings. The highest BCUT2D eigenvalue weighted by atomic mass is 127. The number of nitrogens with one attached hydrogen (secondary N) is 1. The Morgan fingerprint density at radius 1 is 1.41 bits per heavy atom. The van der Waals surface area contributed by atoms with Crippen LogP contribution in [0.15, 0.2) is 9.52 Å². The molecule has 2 rings (SSSR count). The van der Waals surface area contributed by atoms with Crippen LogP contribution in [0.4, 0.5) is 0 Å². The van der Waals surface area contributed by atoms with Crippen LogP contribution in [0.3, 0.4) is 0 Å². The van der Waals surface area contributed by atoms with E-state index in [2.05, 4.69) is 39.2 Å². The smallest absolute Gasteiger partial charge is 0.226 e.